The van der Waals surface area contributed by atoms with Gasteiger partial charge in [-0.15, -0.1) is 0 Å². The van der Waals surface area contributed by atoms with Crippen molar-refractivity contribution in [1.29, 1.82) is 0 Å². The molecule has 9 nitrogen and oxygen atoms in total. The second-order valence-electron chi connectivity index (χ2n) is 8.73. The smallest absolute Gasteiger partial charge is 0.167 e. The fourth-order valence-corrected chi connectivity index (χ4v) is 4.89. The van der Waals surface area contributed by atoms with Crippen LogP contribution in [0.4, 0.5) is 5.82 Å². The molecule has 5 rings (SSSR count). The molecule has 0 radical (unpaired) electrons. The molecule has 28 heavy (non-hydrogen) atoms. The summed E-state index contributed by atoms with van der Waals surface area (Å²) >= 11 is 0. The SMILES string of the molecule is CCCN(C)C[C@H]1C[C@]12O[C@@H](n1cnc3c(N)ncnc31)C1OC(C)(C)O[C@H]12. The Morgan fingerprint density at radius 3 is 2.86 bits per heavy atom. The van der Waals surface area contributed by atoms with Crippen LogP contribution in [-0.4, -0.2) is 68.2 Å². The van der Waals surface area contributed by atoms with E-state index in [0.29, 0.717) is 22.9 Å². The minimum atomic E-state index is -0.642. The number of rotatable bonds is 5. The summed E-state index contributed by atoms with van der Waals surface area (Å²) in [6.45, 7) is 8.19. The number of nitrogens with two attached hydrogens (primary N) is 1. The van der Waals surface area contributed by atoms with Crippen LogP contribution in [0.1, 0.15) is 39.8 Å². The predicted molar refractivity (Wildman–Crippen MR) is 102 cm³/mol. The van der Waals surface area contributed by atoms with E-state index in [4.69, 9.17) is 19.9 Å². The Morgan fingerprint density at radius 2 is 2.07 bits per heavy atom. The molecule has 2 aliphatic heterocycles. The van der Waals surface area contributed by atoms with Gasteiger partial charge in [0.25, 0.3) is 0 Å². The summed E-state index contributed by atoms with van der Waals surface area (Å²) in [6, 6.07) is 0. The lowest BCUT2D eigenvalue weighted by molar-refractivity contribution is -0.203. The van der Waals surface area contributed by atoms with E-state index in [2.05, 4.69) is 33.8 Å². The fourth-order valence-electron chi connectivity index (χ4n) is 4.89. The van der Waals surface area contributed by atoms with Gasteiger partial charge in [0.15, 0.2) is 23.5 Å². The second-order valence-corrected chi connectivity index (χ2v) is 8.73. The van der Waals surface area contributed by atoms with E-state index in [1.165, 1.54) is 6.33 Å². The van der Waals surface area contributed by atoms with Gasteiger partial charge in [-0.2, -0.15) is 0 Å². The Labute approximate surface area is 164 Å². The van der Waals surface area contributed by atoms with Gasteiger partial charge in [0.2, 0.25) is 0 Å². The molecule has 0 aromatic carbocycles. The van der Waals surface area contributed by atoms with Crippen molar-refractivity contribution in [1.82, 2.24) is 24.4 Å². The number of anilines is 1. The van der Waals surface area contributed by atoms with E-state index in [1.54, 1.807) is 6.33 Å². The van der Waals surface area contributed by atoms with Crippen LogP contribution in [-0.2, 0) is 14.2 Å². The quantitative estimate of drug-likeness (QED) is 0.824. The zero-order valence-electron chi connectivity index (χ0n) is 16.8. The molecule has 9 heteroatoms. The standard InChI is InChI=1S/C19H28N6O3/c1-5-6-24(4)8-11-7-19(11)14-13(26-18(2,3)27-14)17(28-19)25-10-23-12-15(20)21-9-22-16(12)25/h9-11,13-14,17H,5-8H2,1-4H3,(H2,20,21,22)/t11-,13?,14-,17-,19+/m1/s1. The number of nitrogen functional groups attached to an aromatic ring is 1. The molecule has 1 aliphatic carbocycles. The molecular weight excluding hydrogens is 360 g/mol. The van der Waals surface area contributed by atoms with Crippen LogP contribution in [0.3, 0.4) is 0 Å². The average Bonchev–Trinajstić information content (AvgIpc) is 2.92. The van der Waals surface area contributed by atoms with E-state index in [-0.39, 0.29) is 24.0 Å². The fraction of sp³-hybridized carbons (Fsp3) is 0.737. The molecule has 1 spiro atoms. The maximum Gasteiger partial charge on any atom is 0.167 e. The number of imidazole rings is 1. The molecule has 2 aromatic heterocycles. The Kier molecular flexibility index (Phi) is 3.97. The summed E-state index contributed by atoms with van der Waals surface area (Å²) < 4.78 is 21.2. The first kappa shape index (κ1) is 18.2. The molecule has 3 fully saturated rings. The minimum absolute atomic E-state index is 0.107. The van der Waals surface area contributed by atoms with Gasteiger partial charge in [-0.25, -0.2) is 15.0 Å². The molecule has 2 aromatic rings. The molecule has 0 bridgehead atoms. The maximum absolute atomic E-state index is 6.65. The topological polar surface area (TPSA) is 101 Å². The van der Waals surface area contributed by atoms with Gasteiger partial charge in [0, 0.05) is 12.5 Å². The summed E-state index contributed by atoms with van der Waals surface area (Å²) in [5.74, 6) is 0.146. The zero-order chi connectivity index (χ0) is 19.7. The molecule has 0 amide bonds. The van der Waals surface area contributed by atoms with Crippen molar-refractivity contribution < 1.29 is 14.2 Å². The lowest BCUT2D eigenvalue weighted by Gasteiger charge is -2.26. The number of nitrogens with zero attached hydrogens (tertiary/aromatic N) is 5. The van der Waals surface area contributed by atoms with Crippen molar-refractivity contribution in [3.05, 3.63) is 12.7 Å². The highest BCUT2D eigenvalue weighted by Gasteiger charge is 2.73. The number of hydrogen-bond acceptors (Lipinski definition) is 8. The third kappa shape index (κ3) is 2.64. The van der Waals surface area contributed by atoms with Gasteiger partial charge in [0.1, 0.15) is 29.7 Å². The molecule has 4 heterocycles. The third-order valence-electron chi connectivity index (χ3n) is 6.13. The normalized spacial score (nSPS) is 35.9. The maximum atomic E-state index is 6.65. The third-order valence-corrected chi connectivity index (χ3v) is 6.13. The van der Waals surface area contributed by atoms with Crippen LogP contribution in [0.25, 0.3) is 11.2 Å². The van der Waals surface area contributed by atoms with E-state index in [9.17, 15) is 0 Å². The second kappa shape index (κ2) is 6.09. The predicted octanol–water partition coefficient (Wildman–Crippen LogP) is 1.56. The van der Waals surface area contributed by atoms with Gasteiger partial charge < -0.3 is 24.8 Å². The number of hydrogen-bond donors (Lipinski definition) is 1. The van der Waals surface area contributed by atoms with Crippen molar-refractivity contribution in [2.75, 3.05) is 25.9 Å². The lowest BCUT2D eigenvalue weighted by atomic mass is 10.1. The number of ether oxygens (including phenoxy) is 3. The van der Waals surface area contributed by atoms with Gasteiger partial charge in [-0.3, -0.25) is 4.57 Å². The van der Waals surface area contributed by atoms with Crippen molar-refractivity contribution in [2.45, 2.75) is 63.4 Å². The van der Waals surface area contributed by atoms with E-state index in [1.807, 2.05) is 18.4 Å². The summed E-state index contributed by atoms with van der Waals surface area (Å²) in [7, 11) is 2.17. The van der Waals surface area contributed by atoms with Gasteiger partial charge in [-0.05, 0) is 40.3 Å². The minimum Gasteiger partial charge on any atom is -0.382 e. The van der Waals surface area contributed by atoms with E-state index >= 15 is 0 Å². The molecule has 2 N–H and O–H groups in total. The van der Waals surface area contributed by atoms with Gasteiger partial charge in [0.05, 0.1) is 6.33 Å². The Balaban J connectivity index is 1.48. The monoisotopic (exact) mass is 388 g/mol. The first-order valence-electron chi connectivity index (χ1n) is 9.99. The highest BCUT2D eigenvalue weighted by molar-refractivity contribution is 5.81. The van der Waals surface area contributed by atoms with E-state index in [0.717, 1.165) is 25.9 Å². The van der Waals surface area contributed by atoms with Crippen molar-refractivity contribution in [3.63, 3.8) is 0 Å². The van der Waals surface area contributed by atoms with Gasteiger partial charge in [-0.1, -0.05) is 6.92 Å². The zero-order valence-corrected chi connectivity index (χ0v) is 16.8. The van der Waals surface area contributed by atoms with Crippen LogP contribution in [0.5, 0.6) is 0 Å². The molecule has 1 saturated carbocycles. The highest BCUT2D eigenvalue weighted by Crippen LogP contribution is 2.62. The summed E-state index contributed by atoms with van der Waals surface area (Å²) in [5, 5.41) is 0. The Hall–Kier alpha value is -1.81. The summed E-state index contributed by atoms with van der Waals surface area (Å²) in [6.07, 6.45) is 4.60. The molecule has 3 aliphatic rings. The lowest BCUT2D eigenvalue weighted by Crippen LogP contribution is -2.35. The highest BCUT2D eigenvalue weighted by atomic mass is 16.8. The van der Waals surface area contributed by atoms with Crippen LogP contribution in [0.15, 0.2) is 12.7 Å². The Morgan fingerprint density at radius 1 is 1.25 bits per heavy atom. The van der Waals surface area contributed by atoms with Crippen LogP contribution in [0, 0.1) is 5.92 Å². The van der Waals surface area contributed by atoms with Crippen molar-refractivity contribution in [3.8, 4) is 0 Å². The molecular formula is C19H28N6O3. The van der Waals surface area contributed by atoms with Crippen molar-refractivity contribution in [2.24, 2.45) is 5.92 Å². The summed E-state index contributed by atoms with van der Waals surface area (Å²) in [5.41, 5.74) is 6.88. The molecule has 2 saturated heterocycles. The van der Waals surface area contributed by atoms with Crippen molar-refractivity contribution >= 4 is 17.0 Å². The first-order chi connectivity index (χ1) is 13.3. The van der Waals surface area contributed by atoms with Gasteiger partial charge >= 0.3 is 0 Å². The Bertz CT molecular complexity index is 901. The molecule has 152 valence electrons. The number of aromatic nitrogens is 4. The summed E-state index contributed by atoms with van der Waals surface area (Å²) in [4.78, 5) is 15.2. The largest absolute Gasteiger partial charge is 0.382 e. The van der Waals surface area contributed by atoms with E-state index < -0.39 is 5.79 Å². The molecule has 1 unspecified atom stereocenters. The first-order valence-corrected chi connectivity index (χ1v) is 9.99. The average molecular weight is 388 g/mol. The van der Waals surface area contributed by atoms with Crippen LogP contribution < -0.4 is 5.73 Å². The number of fused-ring (bicyclic) bond motifs is 3. The van der Waals surface area contributed by atoms with Crippen LogP contribution in [0.2, 0.25) is 0 Å². The van der Waals surface area contributed by atoms with Crippen LogP contribution >= 0.6 is 0 Å². The molecule has 5 atom stereocenters.